The molecule has 0 bridgehead atoms. The fraction of sp³-hybridized carbons (Fsp3) is 0.562. The van der Waals surface area contributed by atoms with Crippen LogP contribution in [-0.2, 0) is 11.3 Å². The van der Waals surface area contributed by atoms with Crippen molar-refractivity contribution >= 4 is 5.91 Å². The van der Waals surface area contributed by atoms with Crippen molar-refractivity contribution in [3.8, 4) is 5.75 Å². The average Bonchev–Trinajstić information content (AvgIpc) is 2.42. The van der Waals surface area contributed by atoms with Crippen LogP contribution in [0, 0.1) is 5.92 Å². The van der Waals surface area contributed by atoms with E-state index < -0.39 is 0 Å². The van der Waals surface area contributed by atoms with Crippen LogP contribution in [0.25, 0.3) is 0 Å². The van der Waals surface area contributed by atoms with Gasteiger partial charge in [0, 0.05) is 26.1 Å². The highest BCUT2D eigenvalue weighted by atomic mass is 16.5. The fourth-order valence-corrected chi connectivity index (χ4v) is 1.75. The minimum Gasteiger partial charge on any atom is -0.494 e. The molecule has 0 atom stereocenters. The summed E-state index contributed by atoms with van der Waals surface area (Å²) >= 11 is 0. The molecule has 0 heterocycles. The maximum absolute atomic E-state index is 11.5. The first kappa shape index (κ1) is 16.5. The molecule has 0 aromatic heterocycles. The van der Waals surface area contributed by atoms with Crippen molar-refractivity contribution in [2.24, 2.45) is 5.92 Å². The first-order chi connectivity index (χ1) is 9.61. The smallest absolute Gasteiger partial charge is 0.221 e. The van der Waals surface area contributed by atoms with Crippen LogP contribution in [0.15, 0.2) is 24.3 Å². The highest BCUT2D eigenvalue weighted by Gasteiger charge is 2.02. The fourth-order valence-electron chi connectivity index (χ4n) is 1.75. The van der Waals surface area contributed by atoms with Crippen molar-refractivity contribution < 1.29 is 9.53 Å². The molecule has 1 aromatic carbocycles. The molecule has 0 aliphatic carbocycles. The SMILES string of the molecule is CCOc1cccc(CNCCC(=O)NCC(C)C)c1. The zero-order valence-electron chi connectivity index (χ0n) is 12.7. The largest absolute Gasteiger partial charge is 0.494 e. The van der Waals surface area contributed by atoms with E-state index in [1.54, 1.807) is 0 Å². The summed E-state index contributed by atoms with van der Waals surface area (Å²) in [5, 5.41) is 6.18. The van der Waals surface area contributed by atoms with Crippen molar-refractivity contribution in [1.82, 2.24) is 10.6 Å². The zero-order chi connectivity index (χ0) is 14.8. The van der Waals surface area contributed by atoms with Gasteiger partial charge in [0.05, 0.1) is 6.61 Å². The lowest BCUT2D eigenvalue weighted by Crippen LogP contribution is -2.30. The molecule has 20 heavy (non-hydrogen) atoms. The summed E-state index contributed by atoms with van der Waals surface area (Å²) in [6.07, 6.45) is 0.512. The first-order valence-electron chi connectivity index (χ1n) is 7.31. The second kappa shape index (κ2) is 9.37. The Hall–Kier alpha value is -1.55. The number of ether oxygens (including phenoxy) is 1. The molecule has 1 aromatic rings. The van der Waals surface area contributed by atoms with Gasteiger partial charge in [0.25, 0.3) is 0 Å². The van der Waals surface area contributed by atoms with E-state index in [9.17, 15) is 4.79 Å². The van der Waals surface area contributed by atoms with Crippen molar-refractivity contribution in [2.45, 2.75) is 33.7 Å². The molecule has 0 radical (unpaired) electrons. The normalized spacial score (nSPS) is 10.6. The number of rotatable bonds is 9. The molecule has 0 aliphatic heterocycles. The predicted molar refractivity (Wildman–Crippen MR) is 81.8 cm³/mol. The Morgan fingerprint density at radius 2 is 2.15 bits per heavy atom. The number of carbonyl (C=O) groups is 1. The summed E-state index contributed by atoms with van der Waals surface area (Å²) in [6, 6.07) is 8.01. The third-order valence-corrected chi connectivity index (χ3v) is 2.77. The Kier molecular flexibility index (Phi) is 7.73. The summed E-state index contributed by atoms with van der Waals surface area (Å²) < 4.78 is 5.45. The molecule has 0 saturated carbocycles. The van der Waals surface area contributed by atoms with E-state index in [0.717, 1.165) is 18.8 Å². The van der Waals surface area contributed by atoms with Gasteiger partial charge in [-0.2, -0.15) is 0 Å². The van der Waals surface area contributed by atoms with E-state index >= 15 is 0 Å². The highest BCUT2D eigenvalue weighted by molar-refractivity contribution is 5.76. The van der Waals surface area contributed by atoms with Crippen LogP contribution in [-0.4, -0.2) is 25.6 Å². The lowest BCUT2D eigenvalue weighted by Gasteiger charge is -2.09. The summed E-state index contributed by atoms with van der Waals surface area (Å²) in [6.45, 7) is 9.00. The summed E-state index contributed by atoms with van der Waals surface area (Å²) in [7, 11) is 0. The number of carbonyl (C=O) groups excluding carboxylic acids is 1. The Balaban J connectivity index is 2.20. The minimum absolute atomic E-state index is 0.106. The standard InChI is InChI=1S/C16H26N2O2/c1-4-20-15-7-5-6-14(10-15)12-17-9-8-16(19)18-11-13(2)3/h5-7,10,13,17H,4,8-9,11-12H2,1-3H3,(H,18,19). The van der Waals surface area contributed by atoms with Gasteiger partial charge in [-0.3, -0.25) is 4.79 Å². The van der Waals surface area contributed by atoms with Crippen LogP contribution in [0.1, 0.15) is 32.8 Å². The molecule has 1 amide bonds. The van der Waals surface area contributed by atoms with Crippen LogP contribution in [0.5, 0.6) is 5.75 Å². The summed E-state index contributed by atoms with van der Waals surface area (Å²) in [5.74, 6) is 1.49. The number of amides is 1. The van der Waals surface area contributed by atoms with E-state index in [1.165, 1.54) is 5.56 Å². The summed E-state index contributed by atoms with van der Waals surface area (Å²) in [5.41, 5.74) is 1.17. The van der Waals surface area contributed by atoms with Gasteiger partial charge >= 0.3 is 0 Å². The van der Waals surface area contributed by atoms with Gasteiger partial charge < -0.3 is 15.4 Å². The van der Waals surface area contributed by atoms with Gasteiger partial charge in [0.1, 0.15) is 5.75 Å². The number of nitrogens with one attached hydrogen (secondary N) is 2. The van der Waals surface area contributed by atoms with E-state index in [4.69, 9.17) is 4.74 Å². The summed E-state index contributed by atoms with van der Waals surface area (Å²) in [4.78, 5) is 11.5. The van der Waals surface area contributed by atoms with Gasteiger partial charge in [-0.25, -0.2) is 0 Å². The van der Waals surface area contributed by atoms with Crippen LogP contribution in [0.4, 0.5) is 0 Å². The number of hydrogen-bond acceptors (Lipinski definition) is 3. The molecular weight excluding hydrogens is 252 g/mol. The van der Waals surface area contributed by atoms with Gasteiger partial charge in [-0.05, 0) is 30.5 Å². The van der Waals surface area contributed by atoms with Crippen LogP contribution in [0.2, 0.25) is 0 Å². The van der Waals surface area contributed by atoms with Gasteiger partial charge in [0.2, 0.25) is 5.91 Å². The van der Waals surface area contributed by atoms with E-state index in [1.807, 2.05) is 31.2 Å². The van der Waals surface area contributed by atoms with Crippen LogP contribution >= 0.6 is 0 Å². The topological polar surface area (TPSA) is 50.4 Å². The number of hydrogen-bond donors (Lipinski definition) is 2. The minimum atomic E-state index is 0.106. The van der Waals surface area contributed by atoms with Crippen molar-refractivity contribution in [2.75, 3.05) is 19.7 Å². The van der Waals surface area contributed by atoms with Gasteiger partial charge in [0.15, 0.2) is 0 Å². The highest BCUT2D eigenvalue weighted by Crippen LogP contribution is 2.12. The Morgan fingerprint density at radius 1 is 1.35 bits per heavy atom. The second-order valence-electron chi connectivity index (χ2n) is 5.21. The van der Waals surface area contributed by atoms with Crippen LogP contribution in [0.3, 0.4) is 0 Å². The molecule has 0 aliphatic rings. The lowest BCUT2D eigenvalue weighted by atomic mass is 10.2. The van der Waals surface area contributed by atoms with E-state index in [0.29, 0.717) is 25.5 Å². The van der Waals surface area contributed by atoms with Crippen molar-refractivity contribution in [3.63, 3.8) is 0 Å². The Morgan fingerprint density at radius 3 is 2.85 bits per heavy atom. The Labute approximate surface area is 121 Å². The molecule has 4 heteroatoms. The maximum Gasteiger partial charge on any atom is 0.221 e. The third-order valence-electron chi connectivity index (χ3n) is 2.77. The van der Waals surface area contributed by atoms with Gasteiger partial charge in [-0.1, -0.05) is 26.0 Å². The molecule has 4 nitrogen and oxygen atoms in total. The molecule has 2 N–H and O–H groups in total. The molecule has 0 unspecified atom stereocenters. The van der Waals surface area contributed by atoms with Gasteiger partial charge in [-0.15, -0.1) is 0 Å². The third kappa shape index (κ3) is 7.14. The van der Waals surface area contributed by atoms with Crippen molar-refractivity contribution in [3.05, 3.63) is 29.8 Å². The molecule has 0 spiro atoms. The quantitative estimate of drug-likeness (QED) is 0.682. The molecule has 0 saturated heterocycles. The molecule has 1 rings (SSSR count). The monoisotopic (exact) mass is 278 g/mol. The van der Waals surface area contributed by atoms with E-state index in [-0.39, 0.29) is 5.91 Å². The lowest BCUT2D eigenvalue weighted by molar-refractivity contribution is -0.121. The van der Waals surface area contributed by atoms with Crippen molar-refractivity contribution in [1.29, 1.82) is 0 Å². The van der Waals surface area contributed by atoms with Crippen LogP contribution < -0.4 is 15.4 Å². The zero-order valence-corrected chi connectivity index (χ0v) is 12.7. The second-order valence-corrected chi connectivity index (χ2v) is 5.21. The Bertz CT molecular complexity index is 405. The number of benzene rings is 1. The maximum atomic E-state index is 11.5. The van der Waals surface area contributed by atoms with E-state index in [2.05, 4.69) is 24.5 Å². The average molecular weight is 278 g/mol. The molecule has 0 fully saturated rings. The predicted octanol–water partition coefficient (Wildman–Crippen LogP) is 2.34. The molecule has 112 valence electrons. The molecular formula is C16H26N2O2. The first-order valence-corrected chi connectivity index (χ1v) is 7.31.